The second kappa shape index (κ2) is 4.85. The first-order valence-electron chi connectivity index (χ1n) is 4.71. The van der Waals surface area contributed by atoms with Gasteiger partial charge in [-0.05, 0) is 6.92 Å². The van der Waals surface area contributed by atoms with Crippen LogP contribution in [-0.4, -0.2) is 20.9 Å². The van der Waals surface area contributed by atoms with E-state index >= 15 is 0 Å². The maximum atomic E-state index is 11.7. The molecule has 0 bridgehead atoms. The topological polar surface area (TPSA) is 106 Å². The van der Waals surface area contributed by atoms with E-state index in [2.05, 4.69) is 25.7 Å². The van der Waals surface area contributed by atoms with E-state index in [0.29, 0.717) is 10.9 Å². The number of aryl methyl sites for hydroxylation is 1. The molecule has 0 aliphatic rings. The van der Waals surface area contributed by atoms with Crippen molar-refractivity contribution < 1.29 is 4.79 Å². The lowest BCUT2D eigenvalue weighted by Crippen LogP contribution is -2.15. The third kappa shape index (κ3) is 2.74. The molecule has 0 aromatic carbocycles. The highest BCUT2D eigenvalue weighted by molar-refractivity contribution is 7.15. The summed E-state index contributed by atoms with van der Waals surface area (Å²) in [6.07, 6.45) is 4.40. The average Bonchev–Trinajstić information content (AvgIpc) is 2.75. The number of nitrogens with zero attached hydrogens (tertiary/aromatic N) is 3. The van der Waals surface area contributed by atoms with E-state index in [1.165, 1.54) is 23.7 Å². The minimum Gasteiger partial charge on any atom is -0.307 e. The second-order valence-electron chi connectivity index (χ2n) is 3.16. The molecule has 0 saturated heterocycles. The maximum absolute atomic E-state index is 11.7. The Morgan fingerprint density at radius 3 is 2.65 bits per heavy atom. The van der Waals surface area contributed by atoms with Crippen LogP contribution in [0.3, 0.4) is 0 Å². The number of carbonyl (C=O) groups is 1. The molecule has 7 nitrogen and oxygen atoms in total. The van der Waals surface area contributed by atoms with E-state index in [1.54, 1.807) is 6.20 Å². The Balaban J connectivity index is 2.09. The molecule has 88 valence electrons. The van der Waals surface area contributed by atoms with Gasteiger partial charge in [0.2, 0.25) is 0 Å². The lowest BCUT2D eigenvalue weighted by molar-refractivity contribution is 0.102. The zero-order chi connectivity index (χ0) is 12.3. The van der Waals surface area contributed by atoms with Gasteiger partial charge in [0.05, 0.1) is 12.4 Å². The van der Waals surface area contributed by atoms with Gasteiger partial charge in [0.15, 0.2) is 10.9 Å². The largest absolute Gasteiger partial charge is 0.307 e. The van der Waals surface area contributed by atoms with E-state index in [1.807, 2.05) is 6.92 Å². The highest BCUT2D eigenvalue weighted by Crippen LogP contribution is 2.17. The molecular formula is C9H10N6OS. The Hall–Kier alpha value is -2.06. The molecule has 17 heavy (non-hydrogen) atoms. The first-order chi connectivity index (χ1) is 8.19. The van der Waals surface area contributed by atoms with Gasteiger partial charge in [0.1, 0.15) is 5.69 Å². The molecule has 1 amide bonds. The number of nitrogen functional groups attached to an aromatic ring is 1. The van der Waals surface area contributed by atoms with Crippen LogP contribution in [0, 0.1) is 6.92 Å². The number of aromatic nitrogens is 3. The quantitative estimate of drug-likeness (QED) is 0.549. The summed E-state index contributed by atoms with van der Waals surface area (Å²) in [5.74, 6) is 5.18. The average molecular weight is 250 g/mol. The number of rotatable bonds is 3. The van der Waals surface area contributed by atoms with E-state index in [9.17, 15) is 4.79 Å². The molecular weight excluding hydrogens is 240 g/mol. The summed E-state index contributed by atoms with van der Waals surface area (Å²) in [5.41, 5.74) is 2.54. The molecule has 0 aliphatic carbocycles. The number of carbonyl (C=O) groups excluding carboxylic acids is 1. The molecule has 0 atom stereocenters. The monoisotopic (exact) mass is 250 g/mol. The van der Waals surface area contributed by atoms with E-state index in [4.69, 9.17) is 5.84 Å². The molecule has 2 aromatic rings. The van der Waals surface area contributed by atoms with Gasteiger partial charge in [0, 0.05) is 11.1 Å². The molecule has 0 fully saturated rings. The van der Waals surface area contributed by atoms with Crippen LogP contribution in [-0.2, 0) is 0 Å². The van der Waals surface area contributed by atoms with Crippen molar-refractivity contribution in [3.8, 4) is 0 Å². The third-order valence-corrected chi connectivity index (χ3v) is 2.70. The number of anilines is 2. The Morgan fingerprint density at radius 1 is 1.29 bits per heavy atom. The third-order valence-electron chi connectivity index (χ3n) is 1.87. The van der Waals surface area contributed by atoms with Crippen molar-refractivity contribution in [3.05, 3.63) is 29.2 Å². The van der Waals surface area contributed by atoms with Gasteiger partial charge in [-0.3, -0.25) is 10.1 Å². The molecule has 4 N–H and O–H groups in total. The number of hydrazine groups is 1. The number of amides is 1. The Morgan fingerprint density at radius 2 is 2.12 bits per heavy atom. The van der Waals surface area contributed by atoms with Crippen LogP contribution in [0.1, 0.15) is 15.4 Å². The van der Waals surface area contributed by atoms with Gasteiger partial charge in [-0.15, -0.1) is 11.3 Å². The number of nitrogens with one attached hydrogen (secondary N) is 2. The first-order valence-corrected chi connectivity index (χ1v) is 5.53. The fourth-order valence-electron chi connectivity index (χ4n) is 1.09. The van der Waals surface area contributed by atoms with Crippen molar-refractivity contribution in [1.29, 1.82) is 0 Å². The molecule has 2 aromatic heterocycles. The van der Waals surface area contributed by atoms with Crippen molar-refractivity contribution in [2.24, 2.45) is 5.84 Å². The fraction of sp³-hybridized carbons (Fsp3) is 0.111. The van der Waals surface area contributed by atoms with Gasteiger partial charge in [-0.1, -0.05) is 0 Å². The smallest absolute Gasteiger partial charge is 0.277 e. The van der Waals surface area contributed by atoms with Gasteiger partial charge in [-0.25, -0.2) is 20.8 Å². The van der Waals surface area contributed by atoms with Gasteiger partial charge in [-0.2, -0.15) is 0 Å². The Labute approximate surface area is 101 Å². The summed E-state index contributed by atoms with van der Waals surface area (Å²) in [6.45, 7) is 1.91. The van der Waals surface area contributed by atoms with Crippen molar-refractivity contribution in [1.82, 2.24) is 15.0 Å². The van der Waals surface area contributed by atoms with Crippen LogP contribution >= 0.6 is 11.3 Å². The SMILES string of the molecule is Cc1cnc(NC(=O)c2cnc(NN)cn2)s1. The van der Waals surface area contributed by atoms with Crippen LogP contribution < -0.4 is 16.6 Å². The summed E-state index contributed by atoms with van der Waals surface area (Å²) in [6, 6.07) is 0. The summed E-state index contributed by atoms with van der Waals surface area (Å²) in [7, 11) is 0. The summed E-state index contributed by atoms with van der Waals surface area (Å²) < 4.78 is 0. The van der Waals surface area contributed by atoms with Crippen molar-refractivity contribution in [2.45, 2.75) is 6.92 Å². The second-order valence-corrected chi connectivity index (χ2v) is 4.40. The molecule has 0 aliphatic heterocycles. The zero-order valence-electron chi connectivity index (χ0n) is 8.97. The zero-order valence-corrected chi connectivity index (χ0v) is 9.78. The van der Waals surface area contributed by atoms with Crippen LogP contribution in [0.15, 0.2) is 18.6 Å². The normalized spacial score (nSPS) is 10.0. The highest BCUT2D eigenvalue weighted by atomic mass is 32.1. The van der Waals surface area contributed by atoms with Crippen molar-refractivity contribution in [3.63, 3.8) is 0 Å². The Kier molecular flexibility index (Phi) is 3.26. The van der Waals surface area contributed by atoms with Crippen LogP contribution in [0.4, 0.5) is 10.9 Å². The number of hydrogen-bond donors (Lipinski definition) is 3. The van der Waals surface area contributed by atoms with Crippen LogP contribution in [0.5, 0.6) is 0 Å². The summed E-state index contributed by atoms with van der Waals surface area (Å²) in [4.78, 5) is 24.6. The first kappa shape index (κ1) is 11.4. The molecule has 2 rings (SSSR count). The lowest BCUT2D eigenvalue weighted by atomic mass is 10.4. The van der Waals surface area contributed by atoms with Crippen LogP contribution in [0.25, 0.3) is 0 Å². The van der Waals surface area contributed by atoms with E-state index < -0.39 is 0 Å². The van der Waals surface area contributed by atoms with Gasteiger partial charge >= 0.3 is 0 Å². The highest BCUT2D eigenvalue weighted by Gasteiger charge is 2.10. The molecule has 0 unspecified atom stereocenters. The minimum atomic E-state index is -0.351. The predicted octanol–water partition coefficient (Wildman–Crippen LogP) is 0.779. The van der Waals surface area contributed by atoms with Gasteiger partial charge in [0.25, 0.3) is 5.91 Å². The number of nitrogens with two attached hydrogens (primary N) is 1. The van der Waals surface area contributed by atoms with Crippen molar-refractivity contribution in [2.75, 3.05) is 10.7 Å². The minimum absolute atomic E-state index is 0.205. The fourth-order valence-corrected chi connectivity index (χ4v) is 1.75. The van der Waals surface area contributed by atoms with E-state index in [-0.39, 0.29) is 11.6 Å². The standard InChI is InChI=1S/C9H10N6OS/c1-5-2-13-9(17-5)14-8(16)6-3-12-7(15-10)4-11-6/h2-4H,10H2,1H3,(H,12,15)(H,13,14,16). The maximum Gasteiger partial charge on any atom is 0.277 e. The molecule has 8 heteroatoms. The molecule has 2 heterocycles. The van der Waals surface area contributed by atoms with Crippen molar-refractivity contribution >= 4 is 28.2 Å². The Bertz CT molecular complexity index is 523. The lowest BCUT2D eigenvalue weighted by Gasteiger charge is -2.01. The number of thiazole rings is 1. The van der Waals surface area contributed by atoms with E-state index in [0.717, 1.165) is 4.88 Å². The van der Waals surface area contributed by atoms with Crippen LogP contribution in [0.2, 0.25) is 0 Å². The summed E-state index contributed by atoms with van der Waals surface area (Å²) >= 11 is 1.39. The van der Waals surface area contributed by atoms with Gasteiger partial charge < -0.3 is 5.43 Å². The molecule has 0 spiro atoms. The number of hydrogen-bond acceptors (Lipinski definition) is 7. The molecule has 0 saturated carbocycles. The predicted molar refractivity (Wildman–Crippen MR) is 64.6 cm³/mol. The molecule has 0 radical (unpaired) electrons. The summed E-state index contributed by atoms with van der Waals surface area (Å²) in [5, 5.41) is 3.17.